The van der Waals surface area contributed by atoms with E-state index in [2.05, 4.69) is 51.6 Å². The Balaban J connectivity index is 2.21. The number of hydrogen-bond donors (Lipinski definition) is 2. The summed E-state index contributed by atoms with van der Waals surface area (Å²) in [5, 5.41) is 6.48. The quantitative estimate of drug-likeness (QED) is 0.855. The predicted molar refractivity (Wildman–Crippen MR) is 89.4 cm³/mol. The van der Waals surface area contributed by atoms with Crippen molar-refractivity contribution in [3.63, 3.8) is 0 Å². The second-order valence-electron chi connectivity index (χ2n) is 5.02. The summed E-state index contributed by atoms with van der Waals surface area (Å²) in [6.07, 6.45) is 0. The van der Waals surface area contributed by atoms with Crippen molar-refractivity contribution in [3.8, 4) is 0 Å². The van der Waals surface area contributed by atoms with E-state index in [0.717, 1.165) is 6.54 Å². The minimum Gasteiger partial charge on any atom is -0.354 e. The summed E-state index contributed by atoms with van der Waals surface area (Å²) in [5.74, 6) is 1.81. The molecule has 0 radical (unpaired) electrons. The van der Waals surface area contributed by atoms with Gasteiger partial charge in [-0.15, -0.1) is 11.3 Å². The summed E-state index contributed by atoms with van der Waals surface area (Å²) in [5.41, 5.74) is 0. The molecular weight excluding hydrogens is 284 g/mol. The third-order valence-electron chi connectivity index (χ3n) is 2.89. The highest BCUT2D eigenvalue weighted by Crippen LogP contribution is 2.25. The van der Waals surface area contributed by atoms with E-state index < -0.39 is 0 Å². The molecule has 1 atom stereocenters. The van der Waals surface area contributed by atoms with Gasteiger partial charge in [0.15, 0.2) is 0 Å². The van der Waals surface area contributed by atoms with E-state index >= 15 is 0 Å². The first kappa shape index (κ1) is 15.5. The van der Waals surface area contributed by atoms with E-state index in [1.165, 1.54) is 9.75 Å². The van der Waals surface area contributed by atoms with Gasteiger partial charge in [-0.2, -0.15) is 15.0 Å². The lowest BCUT2D eigenvalue weighted by Gasteiger charge is -2.16. The van der Waals surface area contributed by atoms with Crippen LogP contribution in [-0.4, -0.2) is 35.6 Å². The van der Waals surface area contributed by atoms with E-state index in [4.69, 9.17) is 0 Å². The number of aromatic nitrogens is 3. The fourth-order valence-corrected chi connectivity index (χ4v) is 2.70. The molecule has 114 valence electrons. The number of nitrogens with one attached hydrogen (secondary N) is 2. The molecule has 7 heteroatoms. The summed E-state index contributed by atoms with van der Waals surface area (Å²) < 4.78 is 0. The van der Waals surface area contributed by atoms with Gasteiger partial charge in [0.05, 0.1) is 6.04 Å². The molecule has 2 rings (SSSR count). The summed E-state index contributed by atoms with van der Waals surface area (Å²) in [7, 11) is 3.84. The summed E-state index contributed by atoms with van der Waals surface area (Å²) >= 11 is 1.78. The Kier molecular flexibility index (Phi) is 4.95. The van der Waals surface area contributed by atoms with Crippen molar-refractivity contribution in [1.82, 2.24) is 15.0 Å². The molecule has 0 amide bonds. The fraction of sp³-hybridized carbons (Fsp3) is 0.500. The monoisotopic (exact) mass is 306 g/mol. The smallest absolute Gasteiger partial charge is 0.231 e. The molecule has 2 aromatic heterocycles. The van der Waals surface area contributed by atoms with Crippen LogP contribution in [0.15, 0.2) is 12.1 Å². The van der Waals surface area contributed by atoms with Crippen LogP contribution in [0.5, 0.6) is 0 Å². The zero-order chi connectivity index (χ0) is 15.4. The number of anilines is 3. The molecule has 21 heavy (non-hydrogen) atoms. The van der Waals surface area contributed by atoms with Crippen molar-refractivity contribution in [2.24, 2.45) is 0 Å². The minimum atomic E-state index is 0.163. The van der Waals surface area contributed by atoms with Crippen molar-refractivity contribution < 1.29 is 0 Å². The maximum atomic E-state index is 4.44. The Morgan fingerprint density at radius 1 is 1.19 bits per heavy atom. The molecule has 0 aliphatic rings. The van der Waals surface area contributed by atoms with Crippen LogP contribution in [0.4, 0.5) is 17.8 Å². The third kappa shape index (κ3) is 4.04. The maximum Gasteiger partial charge on any atom is 0.231 e. The molecule has 1 unspecified atom stereocenters. The van der Waals surface area contributed by atoms with E-state index in [9.17, 15) is 0 Å². The van der Waals surface area contributed by atoms with Crippen LogP contribution in [0.25, 0.3) is 0 Å². The SMILES string of the molecule is CCNc1nc(NC(C)c2ccc(C)s2)nc(N(C)C)n1. The average Bonchev–Trinajstić information content (AvgIpc) is 2.85. The fourth-order valence-electron chi connectivity index (χ4n) is 1.82. The van der Waals surface area contributed by atoms with Crippen molar-refractivity contribution in [2.75, 3.05) is 36.2 Å². The molecule has 2 heterocycles. The van der Waals surface area contributed by atoms with Gasteiger partial charge in [0.1, 0.15) is 0 Å². The van der Waals surface area contributed by atoms with Crippen LogP contribution >= 0.6 is 11.3 Å². The van der Waals surface area contributed by atoms with E-state index in [-0.39, 0.29) is 6.04 Å². The highest BCUT2D eigenvalue weighted by atomic mass is 32.1. The van der Waals surface area contributed by atoms with Crippen molar-refractivity contribution in [1.29, 1.82) is 0 Å². The Hall–Kier alpha value is -1.89. The summed E-state index contributed by atoms with van der Waals surface area (Å²) in [6, 6.07) is 4.42. The van der Waals surface area contributed by atoms with Gasteiger partial charge in [0.25, 0.3) is 0 Å². The number of aryl methyl sites for hydroxylation is 1. The van der Waals surface area contributed by atoms with Crippen LogP contribution < -0.4 is 15.5 Å². The topological polar surface area (TPSA) is 66.0 Å². The Morgan fingerprint density at radius 3 is 2.48 bits per heavy atom. The van der Waals surface area contributed by atoms with Crippen LogP contribution in [0.3, 0.4) is 0 Å². The molecule has 0 saturated heterocycles. The second-order valence-corrected chi connectivity index (χ2v) is 6.34. The third-order valence-corrected chi connectivity index (χ3v) is 4.08. The largest absolute Gasteiger partial charge is 0.354 e. The second kappa shape index (κ2) is 6.71. The van der Waals surface area contributed by atoms with E-state index in [1.807, 2.05) is 25.9 Å². The lowest BCUT2D eigenvalue weighted by atomic mass is 10.3. The Labute approximate surface area is 129 Å². The molecule has 0 aliphatic carbocycles. The maximum absolute atomic E-state index is 4.44. The zero-order valence-corrected chi connectivity index (χ0v) is 14.0. The molecule has 6 nitrogen and oxygen atoms in total. The van der Waals surface area contributed by atoms with Crippen LogP contribution in [0.1, 0.15) is 29.6 Å². The van der Waals surface area contributed by atoms with Gasteiger partial charge in [0.2, 0.25) is 17.8 Å². The van der Waals surface area contributed by atoms with Gasteiger partial charge < -0.3 is 15.5 Å². The van der Waals surface area contributed by atoms with Gasteiger partial charge in [-0.05, 0) is 32.9 Å². The lowest BCUT2D eigenvalue weighted by Crippen LogP contribution is -2.18. The molecular formula is C14H22N6S. The molecule has 0 bridgehead atoms. The highest BCUT2D eigenvalue weighted by Gasteiger charge is 2.12. The highest BCUT2D eigenvalue weighted by molar-refractivity contribution is 7.12. The van der Waals surface area contributed by atoms with Gasteiger partial charge in [-0.25, -0.2) is 0 Å². The minimum absolute atomic E-state index is 0.163. The molecule has 2 aromatic rings. The van der Waals surface area contributed by atoms with E-state index in [0.29, 0.717) is 17.8 Å². The van der Waals surface area contributed by atoms with Crippen LogP contribution in [0, 0.1) is 6.92 Å². The van der Waals surface area contributed by atoms with Crippen molar-refractivity contribution in [2.45, 2.75) is 26.8 Å². The standard InChI is InChI=1S/C14H22N6S/c1-6-15-12-17-13(19-14(18-12)20(4)5)16-10(3)11-8-7-9(2)21-11/h7-8,10H,6H2,1-5H3,(H2,15,16,17,18,19). The Morgan fingerprint density at radius 2 is 1.90 bits per heavy atom. The number of nitrogens with zero attached hydrogens (tertiary/aromatic N) is 4. The lowest BCUT2D eigenvalue weighted by molar-refractivity contribution is 0.862. The molecule has 0 aromatic carbocycles. The zero-order valence-electron chi connectivity index (χ0n) is 13.1. The van der Waals surface area contributed by atoms with Gasteiger partial charge in [0, 0.05) is 30.4 Å². The molecule has 2 N–H and O–H groups in total. The molecule has 0 aliphatic heterocycles. The first-order valence-electron chi connectivity index (χ1n) is 6.99. The van der Waals surface area contributed by atoms with Gasteiger partial charge in [-0.3, -0.25) is 0 Å². The van der Waals surface area contributed by atoms with E-state index in [1.54, 1.807) is 11.3 Å². The Bertz CT molecular complexity index is 595. The normalized spacial score (nSPS) is 12.0. The van der Waals surface area contributed by atoms with Gasteiger partial charge >= 0.3 is 0 Å². The van der Waals surface area contributed by atoms with Crippen LogP contribution in [0.2, 0.25) is 0 Å². The first-order valence-corrected chi connectivity index (χ1v) is 7.81. The van der Waals surface area contributed by atoms with Gasteiger partial charge in [-0.1, -0.05) is 0 Å². The van der Waals surface area contributed by atoms with Crippen LogP contribution in [-0.2, 0) is 0 Å². The molecule has 0 fully saturated rings. The first-order chi connectivity index (χ1) is 9.99. The number of rotatable bonds is 6. The summed E-state index contributed by atoms with van der Waals surface area (Å²) in [6.45, 7) is 7.01. The van der Waals surface area contributed by atoms with Crippen molar-refractivity contribution >= 4 is 29.2 Å². The summed E-state index contributed by atoms with van der Waals surface area (Å²) in [4.78, 5) is 17.7. The number of hydrogen-bond acceptors (Lipinski definition) is 7. The average molecular weight is 306 g/mol. The molecule has 0 spiro atoms. The molecule has 0 saturated carbocycles. The predicted octanol–water partition coefficient (Wildman–Crippen LogP) is 2.91. The number of thiophene rings is 1. The van der Waals surface area contributed by atoms with Crippen molar-refractivity contribution in [3.05, 3.63) is 21.9 Å².